The highest BCUT2D eigenvalue weighted by Crippen LogP contribution is 2.29. The molecule has 0 atom stereocenters. The number of nitrogens with two attached hydrogens (primary N) is 1. The molecule has 0 bridgehead atoms. The van der Waals surface area contributed by atoms with Crippen LogP contribution in [0.5, 0.6) is 0 Å². The predicted molar refractivity (Wildman–Crippen MR) is 98.2 cm³/mol. The average molecular weight is 403 g/mol. The van der Waals surface area contributed by atoms with Gasteiger partial charge in [0, 0.05) is 5.69 Å². The van der Waals surface area contributed by atoms with Crippen molar-refractivity contribution < 1.29 is 27.9 Å². The number of anilines is 2. The van der Waals surface area contributed by atoms with Crippen LogP contribution in [0.1, 0.15) is 46.3 Å². The maximum Gasteiger partial charge on any atom is 0.490 e. The first-order chi connectivity index (χ1) is 12.3. The van der Waals surface area contributed by atoms with E-state index in [4.69, 9.17) is 15.6 Å². The van der Waals surface area contributed by atoms with E-state index in [9.17, 15) is 18.0 Å². The second-order valence-electron chi connectivity index (χ2n) is 5.92. The minimum Gasteiger partial charge on any atom is -0.475 e. The topological polar surface area (TPSA) is 105 Å². The highest BCUT2D eigenvalue weighted by molar-refractivity contribution is 7.17. The SMILES string of the molecule is Cc1cccc(C(C)C)c1NC(=O)c1sc(N)nc1C.O=C(O)C(F)(F)F. The first-order valence-corrected chi connectivity index (χ1v) is 8.60. The van der Waals surface area contributed by atoms with Gasteiger partial charge >= 0.3 is 12.1 Å². The molecular weight excluding hydrogens is 383 g/mol. The van der Waals surface area contributed by atoms with Crippen molar-refractivity contribution in [3.8, 4) is 0 Å². The molecule has 0 aliphatic heterocycles. The lowest BCUT2D eigenvalue weighted by Crippen LogP contribution is -2.21. The van der Waals surface area contributed by atoms with Crippen LogP contribution < -0.4 is 11.1 Å². The van der Waals surface area contributed by atoms with Crippen LogP contribution in [0, 0.1) is 13.8 Å². The minimum absolute atomic E-state index is 0.145. The molecule has 0 spiro atoms. The molecule has 27 heavy (non-hydrogen) atoms. The Kier molecular flexibility index (Phi) is 7.35. The molecule has 2 rings (SSSR count). The van der Waals surface area contributed by atoms with Gasteiger partial charge in [-0.3, -0.25) is 4.79 Å². The molecule has 0 saturated heterocycles. The number of hydrogen-bond acceptors (Lipinski definition) is 5. The van der Waals surface area contributed by atoms with Gasteiger partial charge in [-0.05, 0) is 30.9 Å². The van der Waals surface area contributed by atoms with Gasteiger partial charge in [-0.25, -0.2) is 9.78 Å². The first kappa shape index (κ1) is 22.4. The number of aromatic nitrogens is 1. The number of carboxylic acid groups (broad SMARTS) is 1. The standard InChI is InChI=1S/C15H19N3OS.C2HF3O2/c1-8(2)11-7-5-6-9(3)12(11)18-14(19)13-10(4)17-15(16)20-13;3-2(4,5)1(6)7/h5-8H,1-4H3,(H2,16,17)(H,18,19);(H,6,7). The van der Waals surface area contributed by atoms with E-state index in [-0.39, 0.29) is 5.91 Å². The number of benzene rings is 1. The molecule has 1 heterocycles. The summed E-state index contributed by atoms with van der Waals surface area (Å²) in [5, 5.41) is 10.5. The van der Waals surface area contributed by atoms with Gasteiger partial charge in [0.15, 0.2) is 5.13 Å². The fourth-order valence-electron chi connectivity index (χ4n) is 2.14. The number of para-hydroxylation sites is 1. The van der Waals surface area contributed by atoms with Crippen molar-refractivity contribution in [3.05, 3.63) is 39.9 Å². The average Bonchev–Trinajstić information content (AvgIpc) is 2.87. The van der Waals surface area contributed by atoms with E-state index in [1.165, 1.54) is 11.3 Å². The van der Waals surface area contributed by atoms with Crippen molar-refractivity contribution in [1.29, 1.82) is 0 Å². The van der Waals surface area contributed by atoms with Gasteiger partial charge in [0.05, 0.1) is 5.69 Å². The predicted octanol–water partition coefficient (Wildman–Crippen LogP) is 4.35. The van der Waals surface area contributed by atoms with Crippen LogP contribution in [0.4, 0.5) is 24.0 Å². The third-order valence-corrected chi connectivity index (χ3v) is 4.41. The molecule has 0 fully saturated rings. The Morgan fingerprint density at radius 1 is 1.26 bits per heavy atom. The summed E-state index contributed by atoms with van der Waals surface area (Å²) in [5.41, 5.74) is 9.39. The zero-order valence-electron chi connectivity index (χ0n) is 15.1. The maximum absolute atomic E-state index is 12.4. The van der Waals surface area contributed by atoms with Gasteiger partial charge in [0.1, 0.15) is 4.88 Å². The van der Waals surface area contributed by atoms with Gasteiger partial charge < -0.3 is 16.2 Å². The molecule has 0 aliphatic carbocycles. The van der Waals surface area contributed by atoms with Crippen LogP contribution in [-0.2, 0) is 4.79 Å². The van der Waals surface area contributed by atoms with Gasteiger partial charge in [0.25, 0.3) is 5.91 Å². The molecule has 0 aliphatic rings. The van der Waals surface area contributed by atoms with Gasteiger partial charge in [-0.2, -0.15) is 13.2 Å². The summed E-state index contributed by atoms with van der Waals surface area (Å²) in [6.45, 7) is 8.01. The second kappa shape index (κ2) is 8.85. The van der Waals surface area contributed by atoms with E-state index in [0.717, 1.165) is 16.8 Å². The summed E-state index contributed by atoms with van der Waals surface area (Å²) in [6, 6.07) is 6.05. The molecule has 2 aromatic rings. The number of nitrogen functional groups attached to an aromatic ring is 1. The van der Waals surface area contributed by atoms with Crippen molar-refractivity contribution in [2.24, 2.45) is 0 Å². The maximum atomic E-state index is 12.4. The summed E-state index contributed by atoms with van der Waals surface area (Å²) >= 11 is 1.22. The van der Waals surface area contributed by atoms with Gasteiger partial charge in [-0.15, -0.1) is 0 Å². The van der Waals surface area contributed by atoms with E-state index in [0.29, 0.717) is 21.6 Å². The summed E-state index contributed by atoms with van der Waals surface area (Å²) in [4.78, 5) is 25.9. The van der Waals surface area contributed by atoms with Crippen LogP contribution in [-0.4, -0.2) is 28.1 Å². The number of thiazole rings is 1. The fourth-order valence-corrected chi connectivity index (χ4v) is 2.87. The molecule has 1 amide bonds. The quantitative estimate of drug-likeness (QED) is 0.707. The monoisotopic (exact) mass is 403 g/mol. The summed E-state index contributed by atoms with van der Waals surface area (Å²) < 4.78 is 31.7. The first-order valence-electron chi connectivity index (χ1n) is 7.78. The molecule has 10 heteroatoms. The molecule has 0 unspecified atom stereocenters. The highest BCUT2D eigenvalue weighted by atomic mass is 32.1. The number of carbonyl (C=O) groups excluding carboxylic acids is 1. The summed E-state index contributed by atoms with van der Waals surface area (Å²) in [7, 11) is 0. The second-order valence-corrected chi connectivity index (χ2v) is 6.95. The zero-order chi connectivity index (χ0) is 20.9. The Labute approximate surface area is 158 Å². The Morgan fingerprint density at radius 2 is 1.81 bits per heavy atom. The van der Waals surface area contributed by atoms with E-state index in [2.05, 4.69) is 24.1 Å². The molecule has 1 aromatic heterocycles. The number of aliphatic carboxylic acids is 1. The van der Waals surface area contributed by atoms with E-state index >= 15 is 0 Å². The van der Waals surface area contributed by atoms with E-state index in [1.807, 2.05) is 25.1 Å². The third-order valence-electron chi connectivity index (χ3n) is 3.43. The molecule has 148 valence electrons. The number of carbonyl (C=O) groups is 2. The normalized spacial score (nSPS) is 11.0. The summed E-state index contributed by atoms with van der Waals surface area (Å²) in [6.07, 6.45) is -5.08. The number of alkyl halides is 3. The third kappa shape index (κ3) is 6.24. The Hall–Kier alpha value is -2.62. The number of nitrogens with zero attached hydrogens (tertiary/aromatic N) is 1. The van der Waals surface area contributed by atoms with E-state index in [1.54, 1.807) is 6.92 Å². The lowest BCUT2D eigenvalue weighted by molar-refractivity contribution is -0.192. The molecule has 6 nitrogen and oxygen atoms in total. The van der Waals surface area contributed by atoms with Crippen molar-refractivity contribution in [2.75, 3.05) is 11.1 Å². The van der Waals surface area contributed by atoms with Crippen LogP contribution in [0.25, 0.3) is 0 Å². The lowest BCUT2D eigenvalue weighted by Gasteiger charge is -2.16. The van der Waals surface area contributed by atoms with Crippen LogP contribution in [0.3, 0.4) is 0 Å². The van der Waals surface area contributed by atoms with Gasteiger partial charge in [-0.1, -0.05) is 43.4 Å². The number of aryl methyl sites for hydroxylation is 2. The van der Waals surface area contributed by atoms with Crippen molar-refractivity contribution in [1.82, 2.24) is 4.98 Å². The summed E-state index contributed by atoms with van der Waals surface area (Å²) in [5.74, 6) is -2.56. The Balaban J connectivity index is 0.000000445. The Morgan fingerprint density at radius 3 is 2.22 bits per heavy atom. The lowest BCUT2D eigenvalue weighted by atomic mass is 9.98. The number of carboxylic acids is 1. The smallest absolute Gasteiger partial charge is 0.475 e. The number of amides is 1. The van der Waals surface area contributed by atoms with Gasteiger partial charge in [0.2, 0.25) is 0 Å². The minimum atomic E-state index is -5.08. The molecular formula is C17H20F3N3O3S. The van der Waals surface area contributed by atoms with Crippen LogP contribution in [0.15, 0.2) is 18.2 Å². The molecule has 4 N–H and O–H groups in total. The van der Waals surface area contributed by atoms with Crippen molar-refractivity contribution >= 4 is 34.0 Å². The number of hydrogen-bond donors (Lipinski definition) is 3. The van der Waals surface area contributed by atoms with Crippen LogP contribution >= 0.6 is 11.3 Å². The largest absolute Gasteiger partial charge is 0.490 e. The number of halogens is 3. The zero-order valence-corrected chi connectivity index (χ0v) is 16.0. The highest BCUT2D eigenvalue weighted by Gasteiger charge is 2.38. The molecule has 0 saturated carbocycles. The molecule has 1 aromatic carbocycles. The van der Waals surface area contributed by atoms with Crippen LogP contribution in [0.2, 0.25) is 0 Å². The number of rotatable bonds is 3. The van der Waals surface area contributed by atoms with E-state index < -0.39 is 12.1 Å². The number of nitrogens with one attached hydrogen (secondary N) is 1. The Bertz CT molecular complexity index is 833. The van der Waals surface area contributed by atoms with Crippen molar-refractivity contribution in [2.45, 2.75) is 39.8 Å². The molecule has 0 radical (unpaired) electrons. The fraction of sp³-hybridized carbons (Fsp3) is 0.353. The van der Waals surface area contributed by atoms with Crippen molar-refractivity contribution in [3.63, 3.8) is 0 Å².